The number of aliphatic carboxylic acids is 1. The molecule has 0 amide bonds. The third-order valence-electron chi connectivity index (χ3n) is 2.49. The van der Waals surface area contributed by atoms with E-state index in [-0.39, 0.29) is 5.57 Å². The molecule has 0 radical (unpaired) electrons. The Morgan fingerprint density at radius 3 is 2.17 bits per heavy atom. The van der Waals surface area contributed by atoms with Crippen molar-refractivity contribution in [1.29, 1.82) is 0 Å². The second-order valence-corrected chi connectivity index (χ2v) is 4.20. The van der Waals surface area contributed by atoms with Crippen molar-refractivity contribution < 1.29 is 9.90 Å². The lowest BCUT2D eigenvalue weighted by Gasteiger charge is -2.09. The molecule has 0 aromatic heterocycles. The minimum atomic E-state index is -1.20. The lowest BCUT2D eigenvalue weighted by atomic mass is 10.0. The zero-order valence-electron chi connectivity index (χ0n) is 9.47. The van der Waals surface area contributed by atoms with E-state index in [1.54, 1.807) is 54.6 Å². The molecule has 0 unspecified atom stereocenters. The van der Waals surface area contributed by atoms with Gasteiger partial charge in [-0.05, 0) is 29.3 Å². The Kier molecular flexibility index (Phi) is 3.80. The number of carbonyl (C=O) groups excluding carboxylic acids is 1. The topological polar surface area (TPSA) is 40.1 Å². The van der Waals surface area contributed by atoms with E-state index >= 15 is 0 Å². The maximum absolute atomic E-state index is 11.2. The first-order valence-electron chi connectivity index (χ1n) is 5.41. The highest BCUT2D eigenvalue weighted by Gasteiger charge is 2.02. The maximum atomic E-state index is 11.2. The smallest absolute Gasteiger partial charge is 0.0721 e. The van der Waals surface area contributed by atoms with Crippen LogP contribution >= 0.6 is 11.6 Å². The SMILES string of the molecule is O=C([O-])/C(=C\c1ccc(Cl)cc1)c1ccccc1. The number of hydrogen-bond acceptors (Lipinski definition) is 2. The molecule has 0 bridgehead atoms. The van der Waals surface area contributed by atoms with Crippen molar-refractivity contribution in [3.63, 3.8) is 0 Å². The third-order valence-corrected chi connectivity index (χ3v) is 2.74. The quantitative estimate of drug-likeness (QED) is 0.626. The molecule has 2 aromatic carbocycles. The van der Waals surface area contributed by atoms with Gasteiger partial charge in [0, 0.05) is 10.6 Å². The average Bonchev–Trinajstić information content (AvgIpc) is 2.38. The summed E-state index contributed by atoms with van der Waals surface area (Å²) in [5.74, 6) is -1.20. The molecule has 2 nitrogen and oxygen atoms in total. The van der Waals surface area contributed by atoms with Crippen LogP contribution in [0.1, 0.15) is 11.1 Å². The number of hydrogen-bond donors (Lipinski definition) is 0. The summed E-state index contributed by atoms with van der Waals surface area (Å²) in [6, 6.07) is 15.8. The first kappa shape index (κ1) is 12.4. The highest BCUT2D eigenvalue weighted by atomic mass is 35.5. The molecule has 2 aromatic rings. The fourth-order valence-electron chi connectivity index (χ4n) is 1.60. The Morgan fingerprint density at radius 1 is 1.00 bits per heavy atom. The van der Waals surface area contributed by atoms with E-state index in [1.165, 1.54) is 0 Å². The van der Waals surface area contributed by atoms with Gasteiger partial charge in [-0.15, -0.1) is 0 Å². The normalized spacial score (nSPS) is 11.3. The predicted octanol–water partition coefficient (Wildman–Crippen LogP) is 2.63. The van der Waals surface area contributed by atoms with Gasteiger partial charge in [0.05, 0.1) is 5.97 Å². The zero-order chi connectivity index (χ0) is 13.0. The van der Waals surface area contributed by atoms with E-state index in [4.69, 9.17) is 11.6 Å². The molecule has 0 aliphatic heterocycles. The van der Waals surface area contributed by atoms with Crippen LogP contribution in [0.15, 0.2) is 54.6 Å². The summed E-state index contributed by atoms with van der Waals surface area (Å²) in [5, 5.41) is 11.8. The summed E-state index contributed by atoms with van der Waals surface area (Å²) in [6.07, 6.45) is 1.57. The van der Waals surface area contributed by atoms with Gasteiger partial charge in [-0.1, -0.05) is 54.1 Å². The first-order chi connectivity index (χ1) is 8.66. The Balaban J connectivity index is 2.43. The van der Waals surface area contributed by atoms with Crippen LogP contribution < -0.4 is 5.11 Å². The van der Waals surface area contributed by atoms with Crippen LogP contribution in [-0.4, -0.2) is 5.97 Å². The molecule has 90 valence electrons. The van der Waals surface area contributed by atoms with Crippen LogP contribution in [0.25, 0.3) is 11.6 Å². The van der Waals surface area contributed by atoms with Gasteiger partial charge in [0.2, 0.25) is 0 Å². The second-order valence-electron chi connectivity index (χ2n) is 3.76. The first-order valence-corrected chi connectivity index (χ1v) is 5.78. The highest BCUT2D eigenvalue weighted by molar-refractivity contribution is 6.30. The Labute approximate surface area is 110 Å². The minimum absolute atomic E-state index is 0.151. The van der Waals surface area contributed by atoms with Crippen LogP contribution in [0.2, 0.25) is 5.02 Å². The third kappa shape index (κ3) is 2.99. The number of carbonyl (C=O) groups is 1. The van der Waals surface area contributed by atoms with Crippen LogP contribution in [0, 0.1) is 0 Å². The maximum Gasteiger partial charge on any atom is 0.0721 e. The number of carboxylic acids is 1. The molecule has 0 saturated heterocycles. The lowest BCUT2D eigenvalue weighted by Crippen LogP contribution is -2.23. The van der Waals surface area contributed by atoms with Crippen LogP contribution in [0.3, 0.4) is 0 Å². The van der Waals surface area contributed by atoms with Gasteiger partial charge >= 0.3 is 0 Å². The second kappa shape index (κ2) is 5.52. The molecule has 0 heterocycles. The van der Waals surface area contributed by atoms with Gasteiger partial charge in [0.15, 0.2) is 0 Å². The molecule has 0 fully saturated rings. The van der Waals surface area contributed by atoms with Gasteiger partial charge in [-0.25, -0.2) is 0 Å². The molecule has 3 heteroatoms. The number of benzene rings is 2. The van der Waals surface area contributed by atoms with Crippen molar-refractivity contribution in [3.05, 3.63) is 70.7 Å². The van der Waals surface area contributed by atoms with E-state index in [9.17, 15) is 9.90 Å². The van der Waals surface area contributed by atoms with Gasteiger partial charge < -0.3 is 9.90 Å². The van der Waals surface area contributed by atoms with E-state index in [0.29, 0.717) is 10.6 Å². The van der Waals surface area contributed by atoms with Gasteiger partial charge in [0.25, 0.3) is 0 Å². The summed E-state index contributed by atoms with van der Waals surface area (Å²) < 4.78 is 0. The Hall–Kier alpha value is -2.06. The largest absolute Gasteiger partial charge is 0.545 e. The van der Waals surface area contributed by atoms with E-state index in [2.05, 4.69) is 0 Å². The van der Waals surface area contributed by atoms with Crippen LogP contribution in [-0.2, 0) is 4.79 Å². The van der Waals surface area contributed by atoms with Crippen molar-refractivity contribution in [2.45, 2.75) is 0 Å². The summed E-state index contributed by atoms with van der Waals surface area (Å²) in [5.41, 5.74) is 1.54. The summed E-state index contributed by atoms with van der Waals surface area (Å²) in [6.45, 7) is 0. The van der Waals surface area contributed by atoms with E-state index < -0.39 is 5.97 Å². The molecule has 18 heavy (non-hydrogen) atoms. The summed E-state index contributed by atoms with van der Waals surface area (Å²) in [7, 11) is 0. The summed E-state index contributed by atoms with van der Waals surface area (Å²) in [4.78, 5) is 11.2. The Morgan fingerprint density at radius 2 is 1.61 bits per heavy atom. The molecule has 0 aliphatic carbocycles. The fraction of sp³-hybridized carbons (Fsp3) is 0. The zero-order valence-corrected chi connectivity index (χ0v) is 10.2. The molecule has 2 rings (SSSR count). The standard InChI is InChI=1S/C15H11ClO2/c16-13-8-6-11(7-9-13)10-14(15(17)18)12-4-2-1-3-5-12/h1-10H,(H,17,18)/p-1/b14-10-. The highest BCUT2D eigenvalue weighted by Crippen LogP contribution is 2.18. The number of rotatable bonds is 3. The minimum Gasteiger partial charge on any atom is -0.545 e. The van der Waals surface area contributed by atoms with Gasteiger partial charge in [0.1, 0.15) is 0 Å². The number of halogens is 1. The molecule has 0 spiro atoms. The van der Waals surface area contributed by atoms with Crippen molar-refractivity contribution in [3.8, 4) is 0 Å². The van der Waals surface area contributed by atoms with E-state index in [1.807, 2.05) is 6.07 Å². The monoisotopic (exact) mass is 257 g/mol. The van der Waals surface area contributed by atoms with Gasteiger partial charge in [-0.2, -0.15) is 0 Å². The predicted molar refractivity (Wildman–Crippen MR) is 70.8 cm³/mol. The van der Waals surface area contributed by atoms with Crippen molar-refractivity contribution in [2.24, 2.45) is 0 Å². The van der Waals surface area contributed by atoms with Crippen molar-refractivity contribution in [1.82, 2.24) is 0 Å². The lowest BCUT2D eigenvalue weighted by molar-refractivity contribution is -0.295. The number of carboxylic acid groups (broad SMARTS) is 1. The molecular formula is C15H10ClO2-. The Bertz CT molecular complexity index is 571. The van der Waals surface area contributed by atoms with E-state index in [0.717, 1.165) is 5.56 Å². The van der Waals surface area contributed by atoms with Gasteiger partial charge in [-0.3, -0.25) is 0 Å². The van der Waals surface area contributed by atoms with Crippen molar-refractivity contribution >= 4 is 29.2 Å². The molecule has 0 N–H and O–H groups in total. The fourth-order valence-corrected chi connectivity index (χ4v) is 1.73. The average molecular weight is 258 g/mol. The molecular weight excluding hydrogens is 248 g/mol. The van der Waals surface area contributed by atoms with Crippen LogP contribution in [0.4, 0.5) is 0 Å². The van der Waals surface area contributed by atoms with Crippen molar-refractivity contribution in [2.75, 3.05) is 0 Å². The molecule has 0 saturated carbocycles. The summed E-state index contributed by atoms with van der Waals surface area (Å²) >= 11 is 5.78. The molecule has 0 aliphatic rings. The van der Waals surface area contributed by atoms with Crippen LogP contribution in [0.5, 0.6) is 0 Å². The molecule has 0 atom stereocenters.